The number of amides is 1. The highest BCUT2D eigenvalue weighted by Gasteiger charge is 2.11. The Hall–Kier alpha value is -1.95. The third kappa shape index (κ3) is 5.32. The number of benzene rings is 1. The van der Waals surface area contributed by atoms with Crippen LogP contribution < -0.4 is 10.6 Å². The number of hydrogen-bond donors (Lipinski definition) is 2. The van der Waals surface area contributed by atoms with Gasteiger partial charge in [-0.05, 0) is 53.4 Å². The largest absolute Gasteiger partial charge is 0.351 e. The molecule has 122 valence electrons. The van der Waals surface area contributed by atoms with Gasteiger partial charge in [-0.3, -0.25) is 4.79 Å². The molecular weight excluding hydrogens is 356 g/mol. The Labute approximate surface area is 145 Å². The van der Waals surface area contributed by atoms with E-state index in [-0.39, 0.29) is 5.91 Å². The van der Waals surface area contributed by atoms with Crippen LogP contribution in [-0.4, -0.2) is 22.4 Å². The monoisotopic (exact) mass is 376 g/mol. The average molecular weight is 377 g/mol. The van der Waals surface area contributed by atoms with Crippen LogP contribution in [0, 0.1) is 12.8 Å². The molecule has 1 aromatic heterocycles. The number of para-hydroxylation sites is 1. The number of nitrogens with zero attached hydrogens (tertiary/aromatic N) is 2. The number of anilines is 2. The molecule has 1 aromatic carbocycles. The predicted octanol–water partition coefficient (Wildman–Crippen LogP) is 4.07. The molecule has 2 N–H and O–H groups in total. The van der Waals surface area contributed by atoms with E-state index < -0.39 is 0 Å². The summed E-state index contributed by atoms with van der Waals surface area (Å²) in [6, 6.07) is 9.38. The van der Waals surface area contributed by atoms with Crippen LogP contribution in [0.2, 0.25) is 0 Å². The van der Waals surface area contributed by atoms with Crippen molar-refractivity contribution in [3.05, 3.63) is 46.2 Å². The van der Waals surface area contributed by atoms with Crippen molar-refractivity contribution in [2.75, 3.05) is 11.9 Å². The molecule has 0 radical (unpaired) electrons. The van der Waals surface area contributed by atoms with Crippen LogP contribution in [0.1, 0.15) is 36.5 Å². The van der Waals surface area contributed by atoms with Crippen molar-refractivity contribution >= 4 is 33.5 Å². The molecule has 5 nitrogen and oxygen atoms in total. The Morgan fingerprint density at radius 2 is 2.00 bits per heavy atom. The summed E-state index contributed by atoms with van der Waals surface area (Å²) in [5.74, 6) is 0.785. The fourth-order valence-electron chi connectivity index (χ4n) is 1.99. The van der Waals surface area contributed by atoms with Crippen LogP contribution >= 0.6 is 15.9 Å². The predicted molar refractivity (Wildman–Crippen MR) is 96.0 cm³/mol. The lowest BCUT2D eigenvalue weighted by Crippen LogP contribution is -2.26. The van der Waals surface area contributed by atoms with E-state index in [4.69, 9.17) is 0 Å². The molecule has 1 amide bonds. The summed E-state index contributed by atoms with van der Waals surface area (Å²) in [6.45, 7) is 6.74. The first kappa shape index (κ1) is 17.4. The second-order valence-electron chi connectivity index (χ2n) is 5.76. The molecule has 23 heavy (non-hydrogen) atoms. The van der Waals surface area contributed by atoms with E-state index in [9.17, 15) is 4.79 Å². The van der Waals surface area contributed by atoms with E-state index in [1.165, 1.54) is 0 Å². The third-order valence-corrected chi connectivity index (χ3v) is 3.91. The smallest absolute Gasteiger partial charge is 0.270 e. The zero-order chi connectivity index (χ0) is 16.8. The molecule has 0 saturated carbocycles. The van der Waals surface area contributed by atoms with E-state index in [0.29, 0.717) is 24.1 Å². The molecule has 0 unspecified atom stereocenters. The number of aryl methyl sites for hydroxylation is 1. The van der Waals surface area contributed by atoms with Crippen molar-refractivity contribution in [1.29, 1.82) is 0 Å². The van der Waals surface area contributed by atoms with E-state index in [1.807, 2.05) is 31.2 Å². The summed E-state index contributed by atoms with van der Waals surface area (Å²) in [5.41, 5.74) is 1.96. The normalized spacial score (nSPS) is 10.7. The number of carbonyl (C=O) groups excluding carboxylic acids is 1. The Morgan fingerprint density at radius 1 is 1.26 bits per heavy atom. The quantitative estimate of drug-likeness (QED) is 0.797. The van der Waals surface area contributed by atoms with Crippen molar-refractivity contribution in [3.8, 4) is 0 Å². The van der Waals surface area contributed by atoms with E-state index in [0.717, 1.165) is 22.3 Å². The van der Waals surface area contributed by atoms with Crippen LogP contribution in [0.5, 0.6) is 0 Å². The number of nitrogens with one attached hydrogen (secondary N) is 2. The van der Waals surface area contributed by atoms with Gasteiger partial charge in [0.05, 0.1) is 5.69 Å². The van der Waals surface area contributed by atoms with Crippen molar-refractivity contribution in [2.24, 2.45) is 5.92 Å². The van der Waals surface area contributed by atoms with Gasteiger partial charge < -0.3 is 10.6 Å². The second-order valence-corrected chi connectivity index (χ2v) is 6.62. The van der Waals surface area contributed by atoms with Crippen LogP contribution in [0.4, 0.5) is 11.6 Å². The molecule has 0 atom stereocenters. The fraction of sp³-hybridized carbons (Fsp3) is 0.353. The Bertz CT molecular complexity index is 688. The maximum atomic E-state index is 12.2. The molecule has 0 aliphatic heterocycles. The maximum Gasteiger partial charge on any atom is 0.270 e. The van der Waals surface area contributed by atoms with Crippen molar-refractivity contribution in [3.63, 3.8) is 0 Å². The third-order valence-electron chi connectivity index (χ3n) is 3.21. The average Bonchev–Trinajstić information content (AvgIpc) is 2.48. The first-order chi connectivity index (χ1) is 11.0. The zero-order valence-corrected chi connectivity index (χ0v) is 15.1. The van der Waals surface area contributed by atoms with Gasteiger partial charge in [-0.1, -0.05) is 26.0 Å². The lowest BCUT2D eigenvalue weighted by atomic mass is 10.1. The summed E-state index contributed by atoms with van der Waals surface area (Å²) in [6.07, 6.45) is 0.942. The van der Waals surface area contributed by atoms with Crippen LogP contribution in [0.3, 0.4) is 0 Å². The number of carbonyl (C=O) groups is 1. The fourth-order valence-corrected chi connectivity index (χ4v) is 2.37. The SMILES string of the molecule is Cc1cc(C(=O)NCCC(C)C)nc(Nc2ccccc2Br)n1. The summed E-state index contributed by atoms with van der Waals surface area (Å²) < 4.78 is 0.910. The van der Waals surface area contributed by atoms with E-state index in [1.54, 1.807) is 6.07 Å². The molecule has 1 heterocycles. The Balaban J connectivity index is 2.12. The van der Waals surface area contributed by atoms with Gasteiger partial charge in [0.25, 0.3) is 5.91 Å². The van der Waals surface area contributed by atoms with Gasteiger partial charge in [0.15, 0.2) is 0 Å². The van der Waals surface area contributed by atoms with E-state index in [2.05, 4.69) is 50.4 Å². The summed E-state index contributed by atoms with van der Waals surface area (Å²) >= 11 is 3.47. The number of halogens is 1. The van der Waals surface area contributed by atoms with Crippen molar-refractivity contribution < 1.29 is 4.79 Å². The molecule has 2 rings (SSSR count). The molecular formula is C17H21BrN4O. The lowest BCUT2D eigenvalue weighted by Gasteiger charge is -2.10. The van der Waals surface area contributed by atoms with Gasteiger partial charge in [-0.15, -0.1) is 0 Å². The van der Waals surface area contributed by atoms with Crippen molar-refractivity contribution in [1.82, 2.24) is 15.3 Å². The Morgan fingerprint density at radius 3 is 2.70 bits per heavy atom. The highest BCUT2D eigenvalue weighted by atomic mass is 79.9. The first-order valence-electron chi connectivity index (χ1n) is 7.61. The topological polar surface area (TPSA) is 66.9 Å². The Kier molecular flexibility index (Phi) is 6.10. The molecule has 0 spiro atoms. The molecule has 0 aliphatic carbocycles. The maximum absolute atomic E-state index is 12.2. The minimum absolute atomic E-state index is 0.175. The second kappa shape index (κ2) is 8.06. The van der Waals surface area contributed by atoms with Crippen LogP contribution in [-0.2, 0) is 0 Å². The van der Waals surface area contributed by atoms with Gasteiger partial charge >= 0.3 is 0 Å². The van der Waals surface area contributed by atoms with Gasteiger partial charge in [0.2, 0.25) is 5.95 Å². The standard InChI is InChI=1S/C17H21BrN4O/c1-11(2)8-9-19-16(23)15-10-12(3)20-17(22-15)21-14-7-5-4-6-13(14)18/h4-7,10-11H,8-9H2,1-3H3,(H,19,23)(H,20,21,22). The highest BCUT2D eigenvalue weighted by Crippen LogP contribution is 2.23. The highest BCUT2D eigenvalue weighted by molar-refractivity contribution is 9.10. The van der Waals surface area contributed by atoms with Gasteiger partial charge in [-0.2, -0.15) is 0 Å². The molecule has 0 saturated heterocycles. The number of aromatic nitrogens is 2. The van der Waals surface area contributed by atoms with Crippen molar-refractivity contribution in [2.45, 2.75) is 27.2 Å². The molecule has 0 bridgehead atoms. The minimum atomic E-state index is -0.175. The molecule has 6 heteroatoms. The number of rotatable bonds is 6. The minimum Gasteiger partial charge on any atom is -0.351 e. The molecule has 0 fully saturated rings. The lowest BCUT2D eigenvalue weighted by molar-refractivity contribution is 0.0947. The summed E-state index contributed by atoms with van der Waals surface area (Å²) in [4.78, 5) is 20.9. The molecule has 2 aromatic rings. The summed E-state index contributed by atoms with van der Waals surface area (Å²) in [5, 5.41) is 6.03. The van der Waals surface area contributed by atoms with Crippen LogP contribution in [0.25, 0.3) is 0 Å². The van der Waals surface area contributed by atoms with Crippen LogP contribution in [0.15, 0.2) is 34.8 Å². The number of hydrogen-bond acceptors (Lipinski definition) is 4. The first-order valence-corrected chi connectivity index (χ1v) is 8.40. The molecule has 0 aliphatic rings. The van der Waals surface area contributed by atoms with Gasteiger partial charge in [0.1, 0.15) is 5.69 Å². The van der Waals surface area contributed by atoms with Gasteiger partial charge in [-0.25, -0.2) is 9.97 Å². The van der Waals surface area contributed by atoms with Gasteiger partial charge in [0, 0.05) is 16.7 Å². The van der Waals surface area contributed by atoms with E-state index >= 15 is 0 Å². The summed E-state index contributed by atoms with van der Waals surface area (Å²) in [7, 11) is 0. The zero-order valence-electron chi connectivity index (χ0n) is 13.6.